The van der Waals surface area contributed by atoms with Crippen molar-refractivity contribution in [3.05, 3.63) is 72.4 Å². The van der Waals surface area contributed by atoms with Gasteiger partial charge in [0.1, 0.15) is 17.3 Å². The second-order valence-electron chi connectivity index (χ2n) is 11.7. The van der Waals surface area contributed by atoms with Crippen molar-refractivity contribution in [2.75, 3.05) is 32.8 Å². The van der Waals surface area contributed by atoms with Gasteiger partial charge in [-0.05, 0) is 46.6 Å². The van der Waals surface area contributed by atoms with Crippen LogP contribution in [0.15, 0.2) is 66.7 Å². The first-order chi connectivity index (χ1) is 21.5. The van der Waals surface area contributed by atoms with E-state index in [1.807, 2.05) is 60.7 Å². The van der Waals surface area contributed by atoms with Gasteiger partial charge in [-0.1, -0.05) is 60.7 Å². The summed E-state index contributed by atoms with van der Waals surface area (Å²) in [6, 6.07) is 19.5. The van der Waals surface area contributed by atoms with E-state index in [0.717, 1.165) is 11.1 Å². The maximum Gasteiger partial charge on any atom is 0.409 e. The zero-order valence-electron chi connectivity index (χ0n) is 26.3. The van der Waals surface area contributed by atoms with E-state index in [0.29, 0.717) is 44.1 Å². The molecule has 1 atom stereocenters. The first-order valence-corrected chi connectivity index (χ1v) is 15.3. The summed E-state index contributed by atoms with van der Waals surface area (Å²) in [6.07, 6.45) is 0.212. The Balaban J connectivity index is 1.56. The van der Waals surface area contributed by atoms with Crippen molar-refractivity contribution >= 4 is 23.9 Å². The first kappa shape index (κ1) is 33.1. The standard InChI is InChI=1S/C34H41N5O6/c1-5-44-33(43)39-21-19-38(20-22-39)32(42)26(17-12-18-29(40)45-34(2,3)4)37-31(41)28-23-27(24-13-8-6-9-14-24)35-30(36-28)25-15-10-7-11-16-25/h6-11,13-16,23,26H,5,12,17-22H2,1-4H3,(H,37,41)/t26-/m0/s1. The second-order valence-corrected chi connectivity index (χ2v) is 11.7. The van der Waals surface area contributed by atoms with E-state index in [-0.39, 0.29) is 37.0 Å². The molecule has 45 heavy (non-hydrogen) atoms. The SMILES string of the molecule is CCOC(=O)N1CCN(C(=O)[C@H](CCCC(=O)OC(C)(C)C)NC(=O)c2cc(-c3ccccc3)nc(-c3ccccc3)n2)CC1. The van der Waals surface area contributed by atoms with Crippen molar-refractivity contribution in [2.24, 2.45) is 0 Å². The minimum absolute atomic E-state index is 0.0946. The van der Waals surface area contributed by atoms with E-state index in [1.54, 1.807) is 43.6 Å². The van der Waals surface area contributed by atoms with Gasteiger partial charge in [0.05, 0.1) is 12.3 Å². The molecule has 1 aliphatic rings. The fourth-order valence-electron chi connectivity index (χ4n) is 4.91. The molecule has 1 N–H and O–H groups in total. The summed E-state index contributed by atoms with van der Waals surface area (Å²) < 4.78 is 10.5. The molecule has 2 aromatic carbocycles. The molecule has 0 saturated carbocycles. The number of rotatable bonds is 10. The van der Waals surface area contributed by atoms with Gasteiger partial charge < -0.3 is 24.6 Å². The van der Waals surface area contributed by atoms with E-state index in [9.17, 15) is 19.2 Å². The molecule has 0 aliphatic carbocycles. The molecule has 0 spiro atoms. The van der Waals surface area contributed by atoms with Crippen LogP contribution in [0.4, 0.5) is 4.79 Å². The van der Waals surface area contributed by atoms with Crippen LogP contribution in [0, 0.1) is 0 Å². The average Bonchev–Trinajstić information content (AvgIpc) is 3.04. The number of carbonyl (C=O) groups is 4. The topological polar surface area (TPSA) is 131 Å². The highest BCUT2D eigenvalue weighted by Gasteiger charge is 2.31. The third-order valence-corrected chi connectivity index (χ3v) is 7.07. The van der Waals surface area contributed by atoms with Gasteiger partial charge in [0.25, 0.3) is 5.91 Å². The molecular weight excluding hydrogens is 574 g/mol. The van der Waals surface area contributed by atoms with Crippen LogP contribution >= 0.6 is 0 Å². The first-order valence-electron chi connectivity index (χ1n) is 15.3. The van der Waals surface area contributed by atoms with Crippen molar-refractivity contribution in [1.29, 1.82) is 0 Å². The Hall–Kier alpha value is -4.80. The van der Waals surface area contributed by atoms with Gasteiger partial charge in [-0.3, -0.25) is 14.4 Å². The van der Waals surface area contributed by atoms with Gasteiger partial charge in [0, 0.05) is 43.7 Å². The Kier molecular flexibility index (Phi) is 11.2. The summed E-state index contributed by atoms with van der Waals surface area (Å²) >= 11 is 0. The van der Waals surface area contributed by atoms with Crippen LogP contribution < -0.4 is 5.32 Å². The van der Waals surface area contributed by atoms with E-state index in [2.05, 4.69) is 10.3 Å². The molecule has 0 bridgehead atoms. The summed E-state index contributed by atoms with van der Waals surface area (Å²) in [4.78, 5) is 64.6. The van der Waals surface area contributed by atoms with E-state index in [4.69, 9.17) is 14.5 Å². The molecule has 11 heteroatoms. The Labute approximate surface area is 263 Å². The maximum absolute atomic E-state index is 13.8. The van der Waals surface area contributed by atoms with Crippen LogP contribution in [-0.2, 0) is 19.1 Å². The summed E-state index contributed by atoms with van der Waals surface area (Å²) in [7, 11) is 0. The number of amides is 3. The minimum Gasteiger partial charge on any atom is -0.460 e. The fourth-order valence-corrected chi connectivity index (χ4v) is 4.91. The number of nitrogens with one attached hydrogen (secondary N) is 1. The smallest absolute Gasteiger partial charge is 0.409 e. The highest BCUT2D eigenvalue weighted by atomic mass is 16.6. The number of hydrogen-bond acceptors (Lipinski definition) is 8. The molecule has 1 fully saturated rings. The van der Waals surface area contributed by atoms with Crippen molar-refractivity contribution in [2.45, 2.75) is 58.6 Å². The lowest BCUT2D eigenvalue weighted by molar-refractivity contribution is -0.155. The average molecular weight is 616 g/mol. The largest absolute Gasteiger partial charge is 0.460 e. The number of benzene rings is 2. The summed E-state index contributed by atoms with van der Waals surface area (Å²) in [5, 5.41) is 2.89. The molecule has 1 saturated heterocycles. The van der Waals surface area contributed by atoms with Gasteiger partial charge >= 0.3 is 12.1 Å². The fraction of sp³-hybridized carbons (Fsp3) is 0.412. The van der Waals surface area contributed by atoms with Crippen LogP contribution in [-0.4, -0.2) is 88.1 Å². The molecule has 0 radical (unpaired) electrons. The predicted molar refractivity (Wildman–Crippen MR) is 169 cm³/mol. The summed E-state index contributed by atoms with van der Waals surface area (Å²) in [6.45, 7) is 8.61. The third-order valence-electron chi connectivity index (χ3n) is 7.07. The molecule has 2 heterocycles. The van der Waals surface area contributed by atoms with Crippen molar-refractivity contribution in [1.82, 2.24) is 25.1 Å². The minimum atomic E-state index is -0.926. The highest BCUT2D eigenvalue weighted by Crippen LogP contribution is 2.23. The van der Waals surface area contributed by atoms with Gasteiger partial charge in [-0.15, -0.1) is 0 Å². The Morgan fingerprint density at radius 3 is 2.07 bits per heavy atom. The quantitative estimate of drug-likeness (QED) is 0.324. The summed E-state index contributed by atoms with van der Waals surface area (Å²) in [5.41, 5.74) is 1.61. The van der Waals surface area contributed by atoms with Crippen molar-refractivity contribution in [3.8, 4) is 22.6 Å². The van der Waals surface area contributed by atoms with Gasteiger partial charge in [0.15, 0.2) is 5.82 Å². The molecule has 0 unspecified atom stereocenters. The Bertz CT molecular complexity index is 1410. The zero-order valence-corrected chi connectivity index (χ0v) is 26.3. The number of ether oxygens (including phenoxy) is 2. The molecule has 1 aromatic heterocycles. The number of hydrogen-bond donors (Lipinski definition) is 1. The lowest BCUT2D eigenvalue weighted by atomic mass is 10.1. The van der Waals surface area contributed by atoms with E-state index in [1.165, 1.54) is 0 Å². The van der Waals surface area contributed by atoms with Crippen molar-refractivity contribution in [3.63, 3.8) is 0 Å². The molecule has 1 aliphatic heterocycles. The van der Waals surface area contributed by atoms with Gasteiger partial charge in [-0.25, -0.2) is 14.8 Å². The molecule has 4 rings (SSSR count). The maximum atomic E-state index is 13.8. The van der Waals surface area contributed by atoms with Crippen LogP contribution in [0.1, 0.15) is 57.4 Å². The van der Waals surface area contributed by atoms with E-state index >= 15 is 0 Å². The number of nitrogens with zero attached hydrogens (tertiary/aromatic N) is 4. The summed E-state index contributed by atoms with van der Waals surface area (Å²) in [5.74, 6) is -0.826. The number of carbonyl (C=O) groups excluding carboxylic acids is 4. The number of piperazine rings is 1. The van der Waals surface area contributed by atoms with Crippen LogP contribution in [0.25, 0.3) is 22.6 Å². The van der Waals surface area contributed by atoms with Crippen LogP contribution in [0.3, 0.4) is 0 Å². The molecule has 3 aromatic rings. The molecular formula is C34H41N5O6. The highest BCUT2D eigenvalue weighted by molar-refractivity contribution is 5.97. The lowest BCUT2D eigenvalue weighted by Crippen LogP contribution is -2.56. The Morgan fingerprint density at radius 1 is 0.867 bits per heavy atom. The van der Waals surface area contributed by atoms with E-state index < -0.39 is 23.6 Å². The lowest BCUT2D eigenvalue weighted by Gasteiger charge is -2.36. The van der Waals surface area contributed by atoms with Gasteiger partial charge in [0.2, 0.25) is 5.91 Å². The molecule has 11 nitrogen and oxygen atoms in total. The monoisotopic (exact) mass is 615 g/mol. The van der Waals surface area contributed by atoms with Crippen LogP contribution in [0.5, 0.6) is 0 Å². The molecule has 238 valence electrons. The predicted octanol–water partition coefficient (Wildman–Crippen LogP) is 4.72. The van der Waals surface area contributed by atoms with Crippen LogP contribution in [0.2, 0.25) is 0 Å². The van der Waals surface area contributed by atoms with Crippen molar-refractivity contribution < 1.29 is 28.7 Å². The second kappa shape index (κ2) is 15.3. The number of aromatic nitrogens is 2. The molecule has 3 amide bonds. The zero-order chi connectivity index (χ0) is 32.4. The van der Waals surface area contributed by atoms with Gasteiger partial charge in [-0.2, -0.15) is 0 Å². The third kappa shape index (κ3) is 9.59. The normalized spacial score (nSPS) is 14.0. The Morgan fingerprint density at radius 2 is 1.47 bits per heavy atom. The number of esters is 1.